The number of thiophene rings is 1. The van der Waals surface area contributed by atoms with E-state index < -0.39 is 0 Å². The van der Waals surface area contributed by atoms with Crippen molar-refractivity contribution in [1.82, 2.24) is 16.0 Å². The Morgan fingerprint density at radius 3 is 2.67 bits per heavy atom. The fourth-order valence-electron chi connectivity index (χ4n) is 1.89. The van der Waals surface area contributed by atoms with Crippen LogP contribution in [0, 0.1) is 0 Å². The van der Waals surface area contributed by atoms with E-state index in [2.05, 4.69) is 48.3 Å². The number of hydrogen-bond acceptors (Lipinski definition) is 3. The van der Waals surface area contributed by atoms with Gasteiger partial charge in [0, 0.05) is 36.7 Å². The molecule has 0 aliphatic carbocycles. The van der Waals surface area contributed by atoms with Crippen molar-refractivity contribution >= 4 is 63.1 Å². The van der Waals surface area contributed by atoms with Crippen LogP contribution in [0.25, 0.3) is 0 Å². The molecule has 0 fully saturated rings. The number of aliphatic imine (C=N–C) groups is 1. The second-order valence-corrected chi connectivity index (χ2v) is 6.45. The fourth-order valence-corrected chi connectivity index (χ4v) is 2.96. The number of nitrogens with zero attached hydrogens (tertiary/aromatic N) is 1. The Balaban J connectivity index is 0.00000288. The third-order valence-corrected chi connectivity index (χ3v) is 4.28. The van der Waals surface area contributed by atoms with Gasteiger partial charge in [0.2, 0.25) is 0 Å². The van der Waals surface area contributed by atoms with Gasteiger partial charge in [-0.2, -0.15) is 11.3 Å². The molecule has 2 aromatic rings. The van der Waals surface area contributed by atoms with Crippen LogP contribution in [0.15, 0.2) is 50.6 Å². The highest BCUT2D eigenvalue weighted by molar-refractivity contribution is 14.0. The van der Waals surface area contributed by atoms with Crippen molar-refractivity contribution in [3.8, 4) is 0 Å². The van der Waals surface area contributed by atoms with Gasteiger partial charge < -0.3 is 16.0 Å². The summed E-state index contributed by atoms with van der Waals surface area (Å²) >= 11 is 5.03. The monoisotopic (exact) mass is 522 g/mol. The molecular formula is C16H20BrIN4OS. The number of amides is 1. The average Bonchev–Trinajstić information content (AvgIpc) is 3.07. The highest BCUT2D eigenvalue weighted by Gasteiger charge is 2.05. The van der Waals surface area contributed by atoms with E-state index in [1.165, 1.54) is 5.56 Å². The molecule has 1 aromatic carbocycles. The van der Waals surface area contributed by atoms with Crippen molar-refractivity contribution in [2.75, 3.05) is 20.1 Å². The summed E-state index contributed by atoms with van der Waals surface area (Å²) in [5.41, 5.74) is 1.86. The van der Waals surface area contributed by atoms with Crippen LogP contribution < -0.4 is 16.0 Å². The van der Waals surface area contributed by atoms with Gasteiger partial charge in [0.15, 0.2) is 5.96 Å². The fraction of sp³-hybridized carbons (Fsp3) is 0.250. The van der Waals surface area contributed by atoms with Crippen LogP contribution in [0.2, 0.25) is 0 Å². The number of halogens is 2. The molecule has 1 aromatic heterocycles. The van der Waals surface area contributed by atoms with Crippen LogP contribution >= 0.6 is 51.2 Å². The summed E-state index contributed by atoms with van der Waals surface area (Å²) < 4.78 is 0.890. The lowest BCUT2D eigenvalue weighted by Crippen LogP contribution is -2.41. The minimum absolute atomic E-state index is 0. The molecule has 0 saturated heterocycles. The number of benzene rings is 1. The first-order chi connectivity index (χ1) is 11.2. The summed E-state index contributed by atoms with van der Waals surface area (Å²) in [5, 5.41) is 13.4. The molecule has 2 rings (SSSR count). The first kappa shape index (κ1) is 20.9. The largest absolute Gasteiger partial charge is 0.355 e. The standard InChI is InChI=1S/C16H19BrN4OS.HI/c1-18-16(21-10-12-5-8-23-11-12)20-7-6-19-15(22)13-3-2-4-14(17)9-13;/h2-5,8-9,11H,6-7,10H2,1H3,(H,19,22)(H2,18,20,21);1H. The summed E-state index contributed by atoms with van der Waals surface area (Å²) in [6, 6.07) is 9.39. The Morgan fingerprint density at radius 1 is 1.21 bits per heavy atom. The molecule has 0 spiro atoms. The summed E-state index contributed by atoms with van der Waals surface area (Å²) in [4.78, 5) is 16.1. The zero-order chi connectivity index (χ0) is 16.5. The van der Waals surface area contributed by atoms with E-state index in [0.29, 0.717) is 24.6 Å². The van der Waals surface area contributed by atoms with Crippen molar-refractivity contribution in [1.29, 1.82) is 0 Å². The molecule has 130 valence electrons. The van der Waals surface area contributed by atoms with E-state index in [-0.39, 0.29) is 29.9 Å². The normalized spacial score (nSPS) is 10.7. The maximum Gasteiger partial charge on any atom is 0.251 e. The van der Waals surface area contributed by atoms with Crippen LogP contribution in [-0.4, -0.2) is 32.0 Å². The lowest BCUT2D eigenvalue weighted by atomic mass is 10.2. The molecule has 0 saturated carbocycles. The number of guanidine groups is 1. The Hall–Kier alpha value is -1.13. The minimum atomic E-state index is -0.0886. The predicted molar refractivity (Wildman–Crippen MR) is 114 cm³/mol. The smallest absolute Gasteiger partial charge is 0.251 e. The molecule has 0 radical (unpaired) electrons. The maximum atomic E-state index is 12.0. The molecule has 1 heterocycles. The van der Waals surface area contributed by atoms with Crippen molar-refractivity contribution in [2.24, 2.45) is 4.99 Å². The lowest BCUT2D eigenvalue weighted by molar-refractivity contribution is 0.0954. The lowest BCUT2D eigenvalue weighted by Gasteiger charge is -2.12. The van der Waals surface area contributed by atoms with Gasteiger partial charge in [0.25, 0.3) is 5.91 Å². The topological polar surface area (TPSA) is 65.5 Å². The second-order valence-electron chi connectivity index (χ2n) is 4.75. The minimum Gasteiger partial charge on any atom is -0.355 e. The highest BCUT2D eigenvalue weighted by atomic mass is 127. The Kier molecular flexibility index (Phi) is 9.96. The van der Waals surface area contributed by atoms with Gasteiger partial charge in [-0.05, 0) is 40.6 Å². The third-order valence-electron chi connectivity index (χ3n) is 3.05. The highest BCUT2D eigenvalue weighted by Crippen LogP contribution is 2.11. The second kappa shape index (κ2) is 11.4. The van der Waals surface area contributed by atoms with Gasteiger partial charge in [0.05, 0.1) is 0 Å². The van der Waals surface area contributed by atoms with E-state index in [0.717, 1.165) is 11.0 Å². The zero-order valence-corrected chi connectivity index (χ0v) is 17.9. The molecule has 0 bridgehead atoms. The number of nitrogens with one attached hydrogen (secondary N) is 3. The first-order valence-electron chi connectivity index (χ1n) is 7.18. The van der Waals surface area contributed by atoms with E-state index in [9.17, 15) is 4.79 Å². The van der Waals surface area contributed by atoms with Gasteiger partial charge >= 0.3 is 0 Å². The van der Waals surface area contributed by atoms with Gasteiger partial charge in [-0.25, -0.2) is 0 Å². The number of carbonyl (C=O) groups excluding carboxylic acids is 1. The average molecular weight is 523 g/mol. The Bertz CT molecular complexity index is 664. The van der Waals surface area contributed by atoms with Crippen molar-refractivity contribution in [3.63, 3.8) is 0 Å². The molecule has 0 atom stereocenters. The van der Waals surface area contributed by atoms with Gasteiger partial charge in [0.1, 0.15) is 0 Å². The van der Waals surface area contributed by atoms with Crippen LogP contribution in [0.4, 0.5) is 0 Å². The SMILES string of the molecule is CN=C(NCCNC(=O)c1cccc(Br)c1)NCc1ccsc1.I. The molecule has 1 amide bonds. The van der Waals surface area contributed by atoms with Gasteiger partial charge in [-0.15, -0.1) is 24.0 Å². The van der Waals surface area contributed by atoms with E-state index in [1.54, 1.807) is 30.5 Å². The van der Waals surface area contributed by atoms with Gasteiger partial charge in [-0.1, -0.05) is 22.0 Å². The van der Waals surface area contributed by atoms with Gasteiger partial charge in [-0.3, -0.25) is 9.79 Å². The van der Waals surface area contributed by atoms with Crippen molar-refractivity contribution in [2.45, 2.75) is 6.54 Å². The molecule has 5 nitrogen and oxygen atoms in total. The molecule has 0 aliphatic rings. The molecule has 3 N–H and O–H groups in total. The van der Waals surface area contributed by atoms with E-state index in [4.69, 9.17) is 0 Å². The summed E-state index contributed by atoms with van der Waals surface area (Å²) in [6.07, 6.45) is 0. The number of rotatable bonds is 6. The number of carbonyl (C=O) groups is 1. The zero-order valence-electron chi connectivity index (χ0n) is 13.2. The molecule has 24 heavy (non-hydrogen) atoms. The van der Waals surface area contributed by atoms with Crippen LogP contribution in [-0.2, 0) is 6.54 Å². The van der Waals surface area contributed by atoms with Crippen molar-refractivity contribution < 1.29 is 4.79 Å². The third kappa shape index (κ3) is 7.18. The summed E-state index contributed by atoms with van der Waals surface area (Å²) in [7, 11) is 1.73. The Labute approximate surface area is 171 Å². The summed E-state index contributed by atoms with van der Waals surface area (Å²) in [5.74, 6) is 0.627. The molecular weight excluding hydrogens is 503 g/mol. The van der Waals surface area contributed by atoms with Crippen LogP contribution in [0.5, 0.6) is 0 Å². The first-order valence-corrected chi connectivity index (χ1v) is 8.92. The molecule has 0 aliphatic heterocycles. The Morgan fingerprint density at radius 2 is 2.00 bits per heavy atom. The van der Waals surface area contributed by atoms with Crippen molar-refractivity contribution in [3.05, 3.63) is 56.7 Å². The molecule has 8 heteroatoms. The van der Waals surface area contributed by atoms with E-state index in [1.807, 2.05) is 17.5 Å². The predicted octanol–water partition coefficient (Wildman–Crippen LogP) is 3.22. The quantitative estimate of drug-likeness (QED) is 0.236. The van der Waals surface area contributed by atoms with Crippen LogP contribution in [0.3, 0.4) is 0 Å². The summed E-state index contributed by atoms with van der Waals surface area (Å²) in [6.45, 7) is 1.85. The number of hydrogen-bond donors (Lipinski definition) is 3. The van der Waals surface area contributed by atoms with Crippen LogP contribution in [0.1, 0.15) is 15.9 Å². The van der Waals surface area contributed by atoms with E-state index >= 15 is 0 Å². The molecule has 0 unspecified atom stereocenters. The maximum absolute atomic E-state index is 12.0.